The molecule has 1 aliphatic heterocycles. The Morgan fingerprint density at radius 3 is 1.91 bits per heavy atom. The van der Waals surface area contributed by atoms with Crippen molar-refractivity contribution in [1.29, 1.82) is 0 Å². The van der Waals surface area contributed by atoms with E-state index in [1.165, 1.54) is 17.0 Å². The number of rotatable bonds is 6. The van der Waals surface area contributed by atoms with Gasteiger partial charge in [-0.05, 0) is 24.3 Å². The van der Waals surface area contributed by atoms with Crippen molar-refractivity contribution in [1.82, 2.24) is 19.1 Å². The van der Waals surface area contributed by atoms with Crippen LogP contribution in [0.2, 0.25) is 0 Å². The number of carbonyl (C=O) groups is 1. The Labute approximate surface area is 199 Å². The van der Waals surface area contributed by atoms with Crippen LogP contribution in [0.1, 0.15) is 0 Å². The van der Waals surface area contributed by atoms with E-state index in [1.54, 1.807) is 43.1 Å². The molecule has 0 aliphatic carbocycles. The number of carbonyl (C=O) groups excluding carboxylic acids is 1. The lowest BCUT2D eigenvalue weighted by molar-refractivity contribution is -0.108. The van der Waals surface area contributed by atoms with Gasteiger partial charge in [0.25, 0.3) is 11.1 Å². The molecule has 1 fully saturated rings. The van der Waals surface area contributed by atoms with Gasteiger partial charge in [0, 0.05) is 12.1 Å². The van der Waals surface area contributed by atoms with Crippen LogP contribution in [0.15, 0.2) is 58.4 Å². The zero-order chi connectivity index (χ0) is 24.8. The van der Waals surface area contributed by atoms with Crippen LogP contribution in [-0.4, -0.2) is 59.1 Å². The minimum Gasteiger partial charge on any atom is -0.497 e. The molecule has 0 bridgehead atoms. The minimum atomic E-state index is -0.380. The first-order valence-corrected chi connectivity index (χ1v) is 10.8. The second kappa shape index (κ2) is 10.9. The molecule has 0 radical (unpaired) electrons. The van der Waals surface area contributed by atoms with Crippen LogP contribution in [0.25, 0.3) is 22.1 Å². The lowest BCUT2D eigenvalue weighted by Crippen LogP contribution is -2.27. The summed E-state index contributed by atoms with van der Waals surface area (Å²) in [5.74, 6) is 1.31. The summed E-state index contributed by atoms with van der Waals surface area (Å²) in [6.45, 7) is 1.49. The van der Waals surface area contributed by atoms with Crippen molar-refractivity contribution in [2.75, 3.05) is 27.4 Å². The highest BCUT2D eigenvalue weighted by atomic mass is 16.7. The van der Waals surface area contributed by atoms with Gasteiger partial charge in [0.15, 0.2) is 6.29 Å². The molecule has 3 heterocycles. The maximum Gasteiger partial charge on any atom is 0.269 e. The van der Waals surface area contributed by atoms with E-state index in [9.17, 15) is 14.4 Å². The molecule has 0 atom stereocenters. The first-order valence-electron chi connectivity index (χ1n) is 10.8. The fraction of sp³-hybridized carbons (Fsp3) is 0.292. The quantitative estimate of drug-likeness (QED) is 0.377. The molecule has 1 saturated heterocycles. The SMILES string of the molecule is COc1ccc2ncc(=O)n(CC3OCCO3)c2c1.COc1ccc2ncc(=O)n(CC=O)c2c1. The Bertz CT molecular complexity index is 1460. The van der Waals surface area contributed by atoms with Crippen molar-refractivity contribution in [3.63, 3.8) is 0 Å². The molecule has 0 unspecified atom stereocenters. The van der Waals surface area contributed by atoms with E-state index < -0.39 is 0 Å². The zero-order valence-corrected chi connectivity index (χ0v) is 19.2. The van der Waals surface area contributed by atoms with Gasteiger partial charge in [-0.2, -0.15) is 0 Å². The van der Waals surface area contributed by atoms with E-state index in [2.05, 4.69) is 9.97 Å². The van der Waals surface area contributed by atoms with Crippen LogP contribution in [0.5, 0.6) is 11.5 Å². The van der Waals surface area contributed by atoms with E-state index in [4.69, 9.17) is 18.9 Å². The van der Waals surface area contributed by atoms with Gasteiger partial charge in [0.05, 0.1) is 75.0 Å². The maximum absolute atomic E-state index is 12.0. The monoisotopic (exact) mass is 480 g/mol. The zero-order valence-electron chi connectivity index (χ0n) is 19.2. The lowest BCUT2D eigenvalue weighted by atomic mass is 10.2. The third-order valence-electron chi connectivity index (χ3n) is 5.39. The van der Waals surface area contributed by atoms with Crippen LogP contribution in [0.4, 0.5) is 0 Å². The molecule has 182 valence electrons. The van der Waals surface area contributed by atoms with Crippen molar-refractivity contribution in [2.24, 2.45) is 0 Å². The number of methoxy groups -OCH3 is 2. The highest BCUT2D eigenvalue weighted by Gasteiger charge is 2.18. The van der Waals surface area contributed by atoms with E-state index in [0.29, 0.717) is 54.1 Å². The van der Waals surface area contributed by atoms with Gasteiger partial charge >= 0.3 is 0 Å². The predicted molar refractivity (Wildman–Crippen MR) is 127 cm³/mol. The number of hydrogen-bond acceptors (Lipinski definition) is 9. The highest BCUT2D eigenvalue weighted by molar-refractivity contribution is 5.77. The summed E-state index contributed by atoms with van der Waals surface area (Å²) in [5, 5.41) is 0. The Morgan fingerprint density at radius 1 is 0.886 bits per heavy atom. The van der Waals surface area contributed by atoms with Gasteiger partial charge in [-0.15, -0.1) is 0 Å². The van der Waals surface area contributed by atoms with Crippen molar-refractivity contribution in [3.8, 4) is 11.5 Å². The highest BCUT2D eigenvalue weighted by Crippen LogP contribution is 2.19. The molecule has 35 heavy (non-hydrogen) atoms. The number of ether oxygens (including phenoxy) is 4. The Hall–Kier alpha value is -4.09. The third kappa shape index (κ3) is 5.36. The Morgan fingerprint density at radius 2 is 1.40 bits per heavy atom. The number of benzene rings is 2. The van der Waals surface area contributed by atoms with E-state index in [0.717, 1.165) is 5.52 Å². The van der Waals surface area contributed by atoms with Crippen LogP contribution >= 0.6 is 0 Å². The molecule has 2 aromatic carbocycles. The topological polar surface area (TPSA) is 124 Å². The van der Waals surface area contributed by atoms with Crippen molar-refractivity contribution in [3.05, 3.63) is 69.5 Å². The molecule has 0 spiro atoms. The van der Waals surface area contributed by atoms with Gasteiger partial charge in [-0.25, -0.2) is 9.97 Å². The van der Waals surface area contributed by atoms with E-state index in [-0.39, 0.29) is 24.0 Å². The fourth-order valence-electron chi connectivity index (χ4n) is 3.65. The fourth-order valence-corrected chi connectivity index (χ4v) is 3.65. The summed E-state index contributed by atoms with van der Waals surface area (Å²) in [7, 11) is 3.13. The summed E-state index contributed by atoms with van der Waals surface area (Å²) in [5.41, 5.74) is 2.22. The normalized spacial score (nSPS) is 13.4. The van der Waals surface area contributed by atoms with Crippen molar-refractivity contribution in [2.45, 2.75) is 19.4 Å². The molecule has 11 heteroatoms. The number of aldehydes is 1. The smallest absolute Gasteiger partial charge is 0.269 e. The second-order valence-corrected chi connectivity index (χ2v) is 7.46. The molecule has 5 rings (SSSR count). The molecule has 0 amide bonds. The van der Waals surface area contributed by atoms with Gasteiger partial charge < -0.3 is 28.3 Å². The molecule has 2 aromatic heterocycles. The van der Waals surface area contributed by atoms with Gasteiger partial charge in [0.2, 0.25) is 0 Å². The number of nitrogens with zero attached hydrogens (tertiary/aromatic N) is 4. The number of fused-ring (bicyclic) bond motifs is 2. The average molecular weight is 480 g/mol. The van der Waals surface area contributed by atoms with Crippen LogP contribution in [0.3, 0.4) is 0 Å². The maximum atomic E-state index is 12.0. The van der Waals surface area contributed by atoms with Crippen LogP contribution in [0, 0.1) is 0 Å². The minimum absolute atomic E-state index is 0.0189. The van der Waals surface area contributed by atoms with Gasteiger partial charge in [-0.1, -0.05) is 0 Å². The molecule has 0 saturated carbocycles. The van der Waals surface area contributed by atoms with Gasteiger partial charge in [-0.3, -0.25) is 14.2 Å². The summed E-state index contributed by atoms with van der Waals surface area (Å²) in [6, 6.07) is 10.6. The Balaban J connectivity index is 0.000000168. The third-order valence-corrected chi connectivity index (χ3v) is 5.39. The molecule has 1 aliphatic rings. The van der Waals surface area contributed by atoms with E-state index in [1.807, 2.05) is 12.1 Å². The van der Waals surface area contributed by atoms with Crippen LogP contribution in [-0.2, 0) is 27.4 Å². The lowest BCUT2D eigenvalue weighted by Gasteiger charge is -2.14. The average Bonchev–Trinajstić information content (AvgIpc) is 3.40. The first kappa shape index (κ1) is 24.0. The molecular weight excluding hydrogens is 456 g/mol. The van der Waals surface area contributed by atoms with E-state index >= 15 is 0 Å². The molecule has 0 N–H and O–H groups in total. The molecule has 4 aromatic rings. The number of hydrogen-bond donors (Lipinski definition) is 0. The van der Waals surface area contributed by atoms with Crippen molar-refractivity contribution >= 4 is 28.4 Å². The van der Waals surface area contributed by atoms with Gasteiger partial charge in [0.1, 0.15) is 17.8 Å². The number of aromatic nitrogens is 4. The van der Waals surface area contributed by atoms with Crippen molar-refractivity contribution < 1.29 is 23.7 Å². The standard InChI is InChI=1S/C13H14N2O4.C11H10N2O3/c1-17-9-2-3-10-11(6-9)15(12(16)7-14-10)8-13-18-4-5-19-13;1-16-8-2-3-9-10(6-8)13(4-5-14)11(15)7-12-9/h2-3,6-7,13H,4-5,8H2,1H3;2-3,5-7H,4H2,1H3. The predicted octanol–water partition coefficient (Wildman–Crippen LogP) is 1.38. The Kier molecular flexibility index (Phi) is 7.48. The second-order valence-electron chi connectivity index (χ2n) is 7.46. The summed E-state index contributed by atoms with van der Waals surface area (Å²) in [4.78, 5) is 42.1. The molecular formula is C24H24N4O7. The van der Waals surface area contributed by atoms with Crippen LogP contribution < -0.4 is 20.6 Å². The molecule has 11 nitrogen and oxygen atoms in total. The summed E-state index contributed by atoms with van der Waals surface area (Å²) in [6.07, 6.45) is 2.82. The summed E-state index contributed by atoms with van der Waals surface area (Å²) >= 11 is 0. The summed E-state index contributed by atoms with van der Waals surface area (Å²) < 4.78 is 24.0. The largest absolute Gasteiger partial charge is 0.497 e. The first-order chi connectivity index (χ1) is 17.0.